The topological polar surface area (TPSA) is 49.3 Å². The molecule has 3 nitrogen and oxygen atoms in total. The Morgan fingerprint density at radius 3 is 2.72 bits per heavy atom. The van der Waals surface area contributed by atoms with E-state index in [1.807, 2.05) is 18.4 Å². The molecule has 1 aliphatic rings. The molecule has 0 saturated heterocycles. The highest BCUT2D eigenvalue weighted by Gasteiger charge is 2.31. The minimum absolute atomic E-state index is 0.000832. The van der Waals surface area contributed by atoms with Gasteiger partial charge in [-0.15, -0.1) is 11.3 Å². The number of hydrogen-bond acceptors (Lipinski definition) is 3. The molecule has 0 spiro atoms. The van der Waals surface area contributed by atoms with E-state index < -0.39 is 0 Å². The highest BCUT2D eigenvalue weighted by Crippen LogP contribution is 2.35. The summed E-state index contributed by atoms with van der Waals surface area (Å²) in [4.78, 5) is 12.8. The third-order valence-electron chi connectivity index (χ3n) is 3.94. The van der Waals surface area contributed by atoms with Crippen molar-refractivity contribution in [1.82, 2.24) is 5.32 Å². The number of aryl methyl sites for hydroxylation is 1. The molecule has 1 fully saturated rings. The summed E-state index contributed by atoms with van der Waals surface area (Å²) in [5.74, 6) is 0.000832. The Bertz CT molecular complexity index is 408. The maximum absolute atomic E-state index is 12.0. The molecule has 0 aliphatic heterocycles. The molecule has 0 atom stereocenters. The molecular formula is C14H21NO2S. The van der Waals surface area contributed by atoms with Crippen LogP contribution >= 0.6 is 11.3 Å². The first-order valence-corrected chi connectivity index (χ1v) is 7.48. The molecule has 18 heavy (non-hydrogen) atoms. The van der Waals surface area contributed by atoms with Crippen LogP contribution in [0.5, 0.6) is 0 Å². The third-order valence-corrected chi connectivity index (χ3v) is 4.96. The molecule has 0 bridgehead atoms. The number of nitrogens with one attached hydrogen (secondary N) is 1. The van der Waals surface area contributed by atoms with E-state index >= 15 is 0 Å². The molecule has 1 saturated carbocycles. The van der Waals surface area contributed by atoms with Gasteiger partial charge in [-0.1, -0.05) is 19.3 Å². The molecule has 4 heteroatoms. The van der Waals surface area contributed by atoms with Crippen LogP contribution in [0.1, 0.15) is 47.3 Å². The van der Waals surface area contributed by atoms with Crippen LogP contribution in [-0.4, -0.2) is 24.2 Å². The van der Waals surface area contributed by atoms with Crippen molar-refractivity contribution in [2.75, 3.05) is 13.2 Å². The fraction of sp³-hybridized carbons (Fsp3) is 0.643. The molecule has 0 unspecified atom stereocenters. The summed E-state index contributed by atoms with van der Waals surface area (Å²) in [7, 11) is 0. The highest BCUT2D eigenvalue weighted by atomic mass is 32.1. The molecule has 2 N–H and O–H groups in total. The minimum atomic E-state index is -0.0843. The molecule has 0 aromatic carbocycles. The summed E-state index contributed by atoms with van der Waals surface area (Å²) < 4.78 is 0. The van der Waals surface area contributed by atoms with Crippen molar-refractivity contribution in [1.29, 1.82) is 0 Å². The molecule has 100 valence electrons. The number of aliphatic hydroxyl groups excluding tert-OH is 1. The smallest absolute Gasteiger partial charge is 0.261 e. The summed E-state index contributed by atoms with van der Waals surface area (Å²) in [6.45, 7) is 2.73. The standard InChI is InChI=1S/C14H21NO2S/c1-11-5-8-18-12(11)13(17)15-9-14(10-16)6-3-2-4-7-14/h5,8,16H,2-4,6-7,9-10H2,1H3,(H,15,17). The molecule has 1 heterocycles. The van der Waals surface area contributed by atoms with Crippen LogP contribution in [0.2, 0.25) is 0 Å². The Kier molecular flexibility index (Phi) is 4.40. The number of rotatable bonds is 4. The van der Waals surface area contributed by atoms with E-state index in [9.17, 15) is 9.90 Å². The summed E-state index contributed by atoms with van der Waals surface area (Å²) in [5.41, 5.74) is 0.943. The van der Waals surface area contributed by atoms with E-state index in [1.54, 1.807) is 0 Å². The lowest BCUT2D eigenvalue weighted by Gasteiger charge is -2.35. The fourth-order valence-electron chi connectivity index (χ4n) is 2.65. The van der Waals surface area contributed by atoms with Gasteiger partial charge in [0, 0.05) is 12.0 Å². The Labute approximate surface area is 112 Å². The Hall–Kier alpha value is -0.870. The van der Waals surface area contributed by atoms with Crippen LogP contribution in [0.25, 0.3) is 0 Å². The first kappa shape index (κ1) is 13.6. The van der Waals surface area contributed by atoms with Gasteiger partial charge in [0.2, 0.25) is 0 Å². The van der Waals surface area contributed by atoms with E-state index in [1.165, 1.54) is 17.8 Å². The van der Waals surface area contributed by atoms with E-state index in [-0.39, 0.29) is 17.9 Å². The normalized spacial score (nSPS) is 18.6. The van der Waals surface area contributed by atoms with Gasteiger partial charge in [-0.25, -0.2) is 0 Å². The van der Waals surface area contributed by atoms with Gasteiger partial charge in [0.15, 0.2) is 0 Å². The predicted molar refractivity (Wildman–Crippen MR) is 74.0 cm³/mol. The Balaban J connectivity index is 1.94. The van der Waals surface area contributed by atoms with Crippen LogP contribution in [-0.2, 0) is 0 Å². The SMILES string of the molecule is Cc1ccsc1C(=O)NCC1(CO)CCCCC1. The highest BCUT2D eigenvalue weighted by molar-refractivity contribution is 7.12. The van der Waals surface area contributed by atoms with Gasteiger partial charge >= 0.3 is 0 Å². The summed E-state index contributed by atoms with van der Waals surface area (Å²) >= 11 is 1.48. The van der Waals surface area contributed by atoms with Gasteiger partial charge in [-0.05, 0) is 36.8 Å². The van der Waals surface area contributed by atoms with Gasteiger partial charge in [0.25, 0.3) is 5.91 Å². The van der Waals surface area contributed by atoms with Crippen molar-refractivity contribution in [2.24, 2.45) is 5.41 Å². The van der Waals surface area contributed by atoms with Crippen molar-refractivity contribution >= 4 is 17.2 Å². The predicted octanol–water partition coefficient (Wildman–Crippen LogP) is 2.73. The minimum Gasteiger partial charge on any atom is -0.396 e. The number of hydrogen-bond donors (Lipinski definition) is 2. The summed E-state index contributed by atoms with van der Waals surface area (Å²) in [5, 5.41) is 14.5. The average Bonchev–Trinajstić information content (AvgIpc) is 2.83. The lowest BCUT2D eigenvalue weighted by molar-refractivity contribution is 0.0720. The second kappa shape index (κ2) is 5.85. The molecular weight excluding hydrogens is 246 g/mol. The molecule has 1 amide bonds. The Morgan fingerprint density at radius 1 is 1.44 bits per heavy atom. The summed E-state index contributed by atoms with van der Waals surface area (Å²) in [6, 6.07) is 1.96. The van der Waals surface area contributed by atoms with Gasteiger partial charge in [0.05, 0.1) is 11.5 Å². The van der Waals surface area contributed by atoms with E-state index in [2.05, 4.69) is 5.32 Å². The lowest BCUT2D eigenvalue weighted by atomic mass is 9.74. The van der Waals surface area contributed by atoms with Crippen molar-refractivity contribution in [3.63, 3.8) is 0 Å². The molecule has 2 rings (SSSR count). The van der Waals surface area contributed by atoms with E-state index in [0.29, 0.717) is 6.54 Å². The lowest BCUT2D eigenvalue weighted by Crippen LogP contribution is -2.41. The van der Waals surface area contributed by atoms with E-state index in [0.717, 1.165) is 36.1 Å². The number of carbonyl (C=O) groups is 1. The van der Waals surface area contributed by atoms with Gasteiger partial charge in [-0.2, -0.15) is 0 Å². The van der Waals surface area contributed by atoms with Crippen molar-refractivity contribution in [2.45, 2.75) is 39.0 Å². The largest absolute Gasteiger partial charge is 0.396 e. The second-order valence-electron chi connectivity index (χ2n) is 5.33. The van der Waals surface area contributed by atoms with Crippen molar-refractivity contribution in [3.8, 4) is 0 Å². The van der Waals surface area contributed by atoms with Crippen molar-refractivity contribution < 1.29 is 9.90 Å². The quantitative estimate of drug-likeness (QED) is 0.881. The molecule has 1 aliphatic carbocycles. The monoisotopic (exact) mass is 267 g/mol. The van der Waals surface area contributed by atoms with Gasteiger partial charge < -0.3 is 10.4 Å². The van der Waals surface area contributed by atoms with Crippen molar-refractivity contribution in [3.05, 3.63) is 21.9 Å². The second-order valence-corrected chi connectivity index (χ2v) is 6.25. The van der Waals surface area contributed by atoms with Crippen LogP contribution in [0.15, 0.2) is 11.4 Å². The van der Waals surface area contributed by atoms with Crippen LogP contribution in [0, 0.1) is 12.3 Å². The number of thiophene rings is 1. The zero-order chi connectivity index (χ0) is 13.0. The fourth-order valence-corrected chi connectivity index (χ4v) is 3.49. The molecule has 0 radical (unpaired) electrons. The first-order valence-electron chi connectivity index (χ1n) is 6.60. The Morgan fingerprint density at radius 2 is 2.17 bits per heavy atom. The maximum Gasteiger partial charge on any atom is 0.261 e. The van der Waals surface area contributed by atoms with Crippen LogP contribution < -0.4 is 5.32 Å². The molecule has 1 aromatic heterocycles. The van der Waals surface area contributed by atoms with E-state index in [4.69, 9.17) is 0 Å². The third kappa shape index (κ3) is 2.93. The average molecular weight is 267 g/mol. The number of amides is 1. The van der Waals surface area contributed by atoms with Gasteiger partial charge in [-0.3, -0.25) is 4.79 Å². The van der Waals surface area contributed by atoms with Crippen LogP contribution in [0.4, 0.5) is 0 Å². The zero-order valence-corrected chi connectivity index (χ0v) is 11.7. The first-order chi connectivity index (χ1) is 8.67. The number of aliphatic hydroxyl groups is 1. The zero-order valence-electron chi connectivity index (χ0n) is 10.9. The number of carbonyl (C=O) groups excluding carboxylic acids is 1. The maximum atomic E-state index is 12.0. The molecule has 1 aromatic rings. The van der Waals surface area contributed by atoms with Crippen LogP contribution in [0.3, 0.4) is 0 Å². The van der Waals surface area contributed by atoms with Gasteiger partial charge in [0.1, 0.15) is 0 Å². The summed E-state index contributed by atoms with van der Waals surface area (Å²) in [6.07, 6.45) is 5.61.